The highest BCUT2D eigenvalue weighted by Crippen LogP contribution is 2.04. The number of carbonyl (C=O) groups is 1. The summed E-state index contributed by atoms with van der Waals surface area (Å²) in [6, 6.07) is 17.4. The lowest BCUT2D eigenvalue weighted by Gasteiger charge is -2.07. The zero-order valence-corrected chi connectivity index (χ0v) is 11.2. The van der Waals surface area contributed by atoms with E-state index in [4.69, 9.17) is 10.5 Å². The molecular formula is C16H18N2O2. The molecule has 0 aliphatic rings. The second-order valence-electron chi connectivity index (χ2n) is 4.44. The van der Waals surface area contributed by atoms with Gasteiger partial charge < -0.3 is 15.8 Å². The Balaban J connectivity index is 1.74. The molecule has 0 radical (unpaired) electrons. The molecule has 0 heterocycles. The summed E-state index contributed by atoms with van der Waals surface area (Å²) in [5, 5.41) is 2.71. The van der Waals surface area contributed by atoms with Crippen LogP contribution in [0.1, 0.15) is 16.7 Å². The van der Waals surface area contributed by atoms with E-state index in [2.05, 4.69) is 5.32 Å². The number of nitrogens with two attached hydrogens (primary N) is 1. The average molecular weight is 270 g/mol. The first-order chi connectivity index (χ1) is 9.78. The molecule has 0 fully saturated rings. The number of hydrogen-bond acceptors (Lipinski definition) is 3. The molecule has 0 aliphatic heterocycles. The van der Waals surface area contributed by atoms with E-state index in [1.807, 2.05) is 54.6 Å². The molecule has 20 heavy (non-hydrogen) atoms. The third-order valence-electron chi connectivity index (χ3n) is 2.91. The van der Waals surface area contributed by atoms with E-state index < -0.39 is 6.09 Å². The SMILES string of the molecule is NCc1ccc(CNC(=O)OCc2ccccc2)cc1. The van der Waals surface area contributed by atoms with Crippen LogP contribution in [0.2, 0.25) is 0 Å². The van der Waals surface area contributed by atoms with Gasteiger partial charge in [0.25, 0.3) is 0 Å². The first kappa shape index (κ1) is 14.1. The number of hydrogen-bond donors (Lipinski definition) is 2. The van der Waals surface area contributed by atoms with E-state index in [0.717, 1.165) is 16.7 Å². The number of benzene rings is 2. The van der Waals surface area contributed by atoms with Gasteiger partial charge in [-0.15, -0.1) is 0 Å². The van der Waals surface area contributed by atoms with E-state index in [1.54, 1.807) is 0 Å². The van der Waals surface area contributed by atoms with Crippen LogP contribution < -0.4 is 11.1 Å². The molecule has 3 N–H and O–H groups in total. The maximum Gasteiger partial charge on any atom is 0.407 e. The molecule has 2 aromatic rings. The average Bonchev–Trinajstić information content (AvgIpc) is 2.52. The summed E-state index contributed by atoms with van der Waals surface area (Å²) in [5.74, 6) is 0. The van der Waals surface area contributed by atoms with Crippen LogP contribution in [0, 0.1) is 0 Å². The fourth-order valence-electron chi connectivity index (χ4n) is 1.74. The number of amides is 1. The molecule has 0 bridgehead atoms. The lowest BCUT2D eigenvalue weighted by atomic mass is 10.1. The predicted molar refractivity (Wildman–Crippen MR) is 77.8 cm³/mol. The van der Waals surface area contributed by atoms with Gasteiger partial charge in [0, 0.05) is 13.1 Å². The molecule has 0 aromatic heterocycles. The highest BCUT2D eigenvalue weighted by atomic mass is 16.5. The summed E-state index contributed by atoms with van der Waals surface area (Å²) in [5.41, 5.74) is 8.58. The van der Waals surface area contributed by atoms with Gasteiger partial charge in [-0.25, -0.2) is 4.79 Å². The van der Waals surface area contributed by atoms with Gasteiger partial charge >= 0.3 is 6.09 Å². The maximum absolute atomic E-state index is 11.6. The molecule has 1 amide bonds. The Morgan fingerprint density at radius 1 is 0.950 bits per heavy atom. The fourth-order valence-corrected chi connectivity index (χ4v) is 1.74. The van der Waals surface area contributed by atoms with Gasteiger partial charge in [0.15, 0.2) is 0 Å². The normalized spacial score (nSPS) is 10.1. The number of ether oxygens (including phenoxy) is 1. The van der Waals surface area contributed by atoms with Crippen molar-refractivity contribution in [2.24, 2.45) is 5.73 Å². The Morgan fingerprint density at radius 2 is 1.60 bits per heavy atom. The fraction of sp³-hybridized carbons (Fsp3) is 0.188. The quantitative estimate of drug-likeness (QED) is 0.877. The second-order valence-corrected chi connectivity index (χ2v) is 4.44. The topological polar surface area (TPSA) is 64.3 Å². The van der Waals surface area contributed by atoms with E-state index in [9.17, 15) is 4.79 Å². The van der Waals surface area contributed by atoms with E-state index >= 15 is 0 Å². The lowest BCUT2D eigenvalue weighted by Crippen LogP contribution is -2.23. The Hall–Kier alpha value is -2.33. The van der Waals surface area contributed by atoms with Crippen molar-refractivity contribution in [1.82, 2.24) is 5.32 Å². The van der Waals surface area contributed by atoms with Gasteiger partial charge in [-0.1, -0.05) is 54.6 Å². The van der Waals surface area contributed by atoms with Crippen molar-refractivity contribution in [2.75, 3.05) is 0 Å². The van der Waals surface area contributed by atoms with Crippen LogP contribution in [-0.4, -0.2) is 6.09 Å². The molecule has 0 saturated heterocycles. The van der Waals surface area contributed by atoms with Crippen molar-refractivity contribution in [3.63, 3.8) is 0 Å². The van der Waals surface area contributed by atoms with Crippen LogP contribution in [0.3, 0.4) is 0 Å². The molecule has 0 saturated carbocycles. The third-order valence-corrected chi connectivity index (χ3v) is 2.91. The Bertz CT molecular complexity index is 538. The van der Waals surface area contributed by atoms with Gasteiger partial charge in [0.1, 0.15) is 6.61 Å². The van der Waals surface area contributed by atoms with Crippen LogP contribution in [0.25, 0.3) is 0 Å². The smallest absolute Gasteiger partial charge is 0.407 e. The van der Waals surface area contributed by atoms with Crippen molar-refractivity contribution in [1.29, 1.82) is 0 Å². The van der Waals surface area contributed by atoms with E-state index in [0.29, 0.717) is 13.1 Å². The van der Waals surface area contributed by atoms with Crippen molar-refractivity contribution < 1.29 is 9.53 Å². The van der Waals surface area contributed by atoms with Crippen LogP contribution in [0.15, 0.2) is 54.6 Å². The summed E-state index contributed by atoms with van der Waals surface area (Å²) in [7, 11) is 0. The first-order valence-electron chi connectivity index (χ1n) is 6.50. The van der Waals surface area contributed by atoms with Crippen LogP contribution >= 0.6 is 0 Å². The van der Waals surface area contributed by atoms with Gasteiger partial charge in [-0.3, -0.25) is 0 Å². The Labute approximate surface area is 118 Å². The number of alkyl carbamates (subject to hydrolysis) is 1. The maximum atomic E-state index is 11.6. The zero-order chi connectivity index (χ0) is 14.2. The molecular weight excluding hydrogens is 252 g/mol. The van der Waals surface area contributed by atoms with Gasteiger partial charge in [0.05, 0.1) is 0 Å². The van der Waals surface area contributed by atoms with Gasteiger partial charge in [0.2, 0.25) is 0 Å². The van der Waals surface area contributed by atoms with Crippen LogP contribution in [0.4, 0.5) is 4.79 Å². The molecule has 4 heteroatoms. The Kier molecular flexibility index (Phi) is 5.15. The molecule has 2 rings (SSSR count). The molecule has 104 valence electrons. The zero-order valence-electron chi connectivity index (χ0n) is 11.2. The predicted octanol–water partition coefficient (Wildman–Crippen LogP) is 2.57. The summed E-state index contributed by atoms with van der Waals surface area (Å²) >= 11 is 0. The molecule has 0 aliphatic carbocycles. The minimum atomic E-state index is -0.420. The van der Waals surface area contributed by atoms with Crippen molar-refractivity contribution in [3.05, 3.63) is 71.3 Å². The monoisotopic (exact) mass is 270 g/mol. The number of nitrogens with one attached hydrogen (secondary N) is 1. The van der Waals surface area contributed by atoms with Gasteiger partial charge in [-0.05, 0) is 16.7 Å². The molecule has 0 spiro atoms. The van der Waals surface area contributed by atoms with Crippen molar-refractivity contribution in [3.8, 4) is 0 Å². The van der Waals surface area contributed by atoms with E-state index in [-0.39, 0.29) is 6.61 Å². The van der Waals surface area contributed by atoms with Gasteiger partial charge in [-0.2, -0.15) is 0 Å². The summed E-state index contributed by atoms with van der Waals surface area (Å²) in [6.07, 6.45) is -0.420. The highest BCUT2D eigenvalue weighted by Gasteiger charge is 2.02. The number of carbonyl (C=O) groups excluding carboxylic acids is 1. The molecule has 0 atom stereocenters. The lowest BCUT2D eigenvalue weighted by molar-refractivity contribution is 0.139. The molecule has 2 aromatic carbocycles. The van der Waals surface area contributed by atoms with Crippen molar-refractivity contribution in [2.45, 2.75) is 19.7 Å². The van der Waals surface area contributed by atoms with Crippen LogP contribution in [-0.2, 0) is 24.4 Å². The van der Waals surface area contributed by atoms with Crippen molar-refractivity contribution >= 4 is 6.09 Å². The minimum Gasteiger partial charge on any atom is -0.445 e. The summed E-state index contributed by atoms with van der Waals surface area (Å²) in [6.45, 7) is 1.24. The molecule has 4 nitrogen and oxygen atoms in total. The first-order valence-corrected chi connectivity index (χ1v) is 6.50. The Morgan fingerprint density at radius 3 is 2.25 bits per heavy atom. The largest absolute Gasteiger partial charge is 0.445 e. The van der Waals surface area contributed by atoms with Crippen LogP contribution in [0.5, 0.6) is 0 Å². The highest BCUT2D eigenvalue weighted by molar-refractivity contribution is 5.67. The second kappa shape index (κ2) is 7.31. The van der Waals surface area contributed by atoms with E-state index in [1.165, 1.54) is 0 Å². The standard InChI is InChI=1S/C16H18N2O2/c17-10-13-6-8-14(9-7-13)11-18-16(19)20-12-15-4-2-1-3-5-15/h1-9H,10-12,17H2,(H,18,19). The third kappa shape index (κ3) is 4.40. The number of rotatable bonds is 5. The summed E-state index contributed by atoms with van der Waals surface area (Å²) < 4.78 is 5.12. The summed E-state index contributed by atoms with van der Waals surface area (Å²) in [4.78, 5) is 11.6. The minimum absolute atomic E-state index is 0.277. The molecule has 0 unspecified atom stereocenters.